The van der Waals surface area contributed by atoms with E-state index in [4.69, 9.17) is 0 Å². The molecule has 146 valence electrons. The Morgan fingerprint density at radius 3 is 1.92 bits per heavy atom. The van der Waals surface area contributed by atoms with E-state index in [-0.39, 0.29) is 6.54 Å². The van der Waals surface area contributed by atoms with Crippen molar-refractivity contribution in [3.63, 3.8) is 0 Å². The second kappa shape index (κ2) is 13.3. The van der Waals surface area contributed by atoms with Gasteiger partial charge in [0.2, 0.25) is 0 Å². The van der Waals surface area contributed by atoms with Crippen molar-refractivity contribution < 1.29 is 14.4 Å². The highest BCUT2D eigenvalue weighted by Crippen LogP contribution is 2.20. The fraction of sp³-hybridized carbons (Fsp3) is 0.905. The van der Waals surface area contributed by atoms with Crippen LogP contribution in [0, 0.1) is 0 Å². The van der Waals surface area contributed by atoms with Crippen molar-refractivity contribution in [2.24, 2.45) is 4.99 Å². The predicted octanol–water partition coefficient (Wildman–Crippen LogP) is 4.08. The predicted molar refractivity (Wildman–Crippen MR) is 104 cm³/mol. The summed E-state index contributed by atoms with van der Waals surface area (Å²) in [7, 11) is 0. The minimum Gasteiger partial charge on any atom is -0.544 e. The van der Waals surface area contributed by atoms with Gasteiger partial charge in [0.15, 0.2) is 5.84 Å². The van der Waals surface area contributed by atoms with Gasteiger partial charge in [0.25, 0.3) is 0 Å². The maximum Gasteiger partial charge on any atom is 0.198 e. The first-order chi connectivity index (χ1) is 12.1. The van der Waals surface area contributed by atoms with E-state index >= 15 is 0 Å². The van der Waals surface area contributed by atoms with Gasteiger partial charge in [-0.25, -0.2) is 4.99 Å². The molecule has 1 atom stereocenters. The molecule has 0 spiro atoms. The average Bonchev–Trinajstić information content (AvgIpc) is 2.98. The smallest absolute Gasteiger partial charge is 0.198 e. The van der Waals surface area contributed by atoms with E-state index < -0.39 is 5.97 Å². The minimum absolute atomic E-state index is 0.0909. The second-order valence-electron chi connectivity index (χ2n) is 7.65. The number of rotatable bonds is 16. The molecule has 1 aliphatic rings. The topological polar surface area (TPSA) is 52.5 Å². The van der Waals surface area contributed by atoms with E-state index in [0.717, 1.165) is 38.3 Å². The third-order valence-electron chi connectivity index (χ3n) is 5.66. The molecule has 0 radical (unpaired) electrons. The lowest BCUT2D eigenvalue weighted by atomic mass is 10.0. The van der Waals surface area contributed by atoms with Crippen molar-refractivity contribution in [2.75, 3.05) is 26.2 Å². The van der Waals surface area contributed by atoms with E-state index in [2.05, 4.69) is 18.8 Å². The zero-order chi connectivity index (χ0) is 18.4. The zero-order valence-electron chi connectivity index (χ0n) is 16.7. The Morgan fingerprint density at radius 1 is 0.920 bits per heavy atom. The average molecular weight is 353 g/mol. The molecule has 0 saturated heterocycles. The number of nitrogens with zero attached hydrogens (tertiary/aromatic N) is 2. The number of aliphatic carboxylic acids is 1. The zero-order valence-corrected chi connectivity index (χ0v) is 16.7. The van der Waals surface area contributed by atoms with Crippen molar-refractivity contribution in [1.29, 1.82) is 0 Å². The van der Waals surface area contributed by atoms with Gasteiger partial charge in [-0.1, -0.05) is 77.6 Å². The van der Waals surface area contributed by atoms with Crippen LogP contribution in [0.2, 0.25) is 0 Å². The van der Waals surface area contributed by atoms with Crippen molar-refractivity contribution in [3.05, 3.63) is 0 Å². The lowest BCUT2D eigenvalue weighted by Gasteiger charge is -2.34. The van der Waals surface area contributed by atoms with Crippen LogP contribution in [0.4, 0.5) is 0 Å². The molecule has 0 aromatic heterocycles. The molecular weight excluding hydrogens is 312 g/mol. The summed E-state index contributed by atoms with van der Waals surface area (Å²) in [5.74, 6) is 0.143. The Bertz CT molecular complexity index is 395. The number of hydrogen-bond acceptors (Lipinski definition) is 3. The van der Waals surface area contributed by atoms with E-state index in [1.165, 1.54) is 70.6 Å². The van der Waals surface area contributed by atoms with Crippen LogP contribution in [0.25, 0.3) is 0 Å². The van der Waals surface area contributed by atoms with Crippen LogP contribution >= 0.6 is 0 Å². The molecule has 0 aromatic carbocycles. The molecule has 4 heteroatoms. The standard InChI is InChI=1S/C21H40N2O2/c1-3-5-6-7-8-9-10-11-12-13-14-15-16-20-22-17-18-23(20,4-2)19-21(24)25/h3-19H2,1-2H3. The number of amidine groups is 1. The second-order valence-corrected chi connectivity index (χ2v) is 7.65. The maximum absolute atomic E-state index is 11.1. The number of carbonyl (C=O) groups is 1. The first-order valence-electron chi connectivity index (χ1n) is 10.7. The first kappa shape index (κ1) is 22.1. The van der Waals surface area contributed by atoms with Gasteiger partial charge in [0.1, 0.15) is 13.1 Å². The number of unbranched alkanes of at least 4 members (excludes halogenated alkanes) is 11. The van der Waals surface area contributed by atoms with Crippen LogP contribution in [0.15, 0.2) is 4.99 Å². The fourth-order valence-corrected chi connectivity index (χ4v) is 3.96. The van der Waals surface area contributed by atoms with Crippen LogP contribution in [0.5, 0.6) is 0 Å². The third kappa shape index (κ3) is 8.84. The molecule has 1 heterocycles. The molecule has 1 aliphatic heterocycles. The highest BCUT2D eigenvalue weighted by molar-refractivity contribution is 5.79. The molecule has 1 rings (SSSR count). The van der Waals surface area contributed by atoms with Gasteiger partial charge in [-0.3, -0.25) is 4.48 Å². The lowest BCUT2D eigenvalue weighted by molar-refractivity contribution is -0.829. The minimum atomic E-state index is -0.953. The molecule has 25 heavy (non-hydrogen) atoms. The van der Waals surface area contributed by atoms with E-state index in [0.29, 0.717) is 4.48 Å². The third-order valence-corrected chi connectivity index (χ3v) is 5.66. The van der Waals surface area contributed by atoms with Crippen LogP contribution in [-0.4, -0.2) is 42.5 Å². The molecule has 0 aliphatic carbocycles. The van der Waals surface area contributed by atoms with Gasteiger partial charge in [-0.2, -0.15) is 0 Å². The lowest BCUT2D eigenvalue weighted by Crippen LogP contribution is -2.56. The molecule has 1 unspecified atom stereocenters. The fourth-order valence-electron chi connectivity index (χ4n) is 3.96. The molecule has 4 nitrogen and oxygen atoms in total. The van der Waals surface area contributed by atoms with Crippen molar-refractivity contribution in [3.8, 4) is 0 Å². The molecule has 0 amide bonds. The Balaban J connectivity index is 2.03. The SMILES string of the molecule is CCCCCCCCCCCCCCC1=NCC[N+]1(CC)CC(=O)[O-]. The van der Waals surface area contributed by atoms with Crippen LogP contribution in [0.1, 0.15) is 97.3 Å². The van der Waals surface area contributed by atoms with Gasteiger partial charge < -0.3 is 9.90 Å². The number of carboxylic acid groups (broad SMARTS) is 1. The Labute approximate surface area is 155 Å². The largest absolute Gasteiger partial charge is 0.544 e. The number of carbonyl (C=O) groups excluding carboxylic acids is 1. The Kier molecular flexibility index (Phi) is 11.8. The van der Waals surface area contributed by atoms with Crippen LogP contribution in [0.3, 0.4) is 0 Å². The van der Waals surface area contributed by atoms with Crippen molar-refractivity contribution >= 4 is 11.8 Å². The molecular formula is C21H40N2O2. The molecule has 0 bridgehead atoms. The number of hydrogen-bond donors (Lipinski definition) is 0. The molecule has 0 aromatic rings. The summed E-state index contributed by atoms with van der Waals surface area (Å²) in [6, 6.07) is 0. The molecule has 0 fully saturated rings. The van der Waals surface area contributed by atoms with Gasteiger partial charge in [0.05, 0.1) is 19.1 Å². The molecule has 0 N–H and O–H groups in total. The van der Waals surface area contributed by atoms with Gasteiger partial charge in [0, 0.05) is 6.42 Å². The maximum atomic E-state index is 11.1. The normalized spacial score (nSPS) is 20.0. The van der Waals surface area contributed by atoms with Gasteiger partial charge in [-0.05, 0) is 13.3 Å². The van der Waals surface area contributed by atoms with E-state index in [9.17, 15) is 9.90 Å². The summed E-state index contributed by atoms with van der Waals surface area (Å²) in [5.41, 5.74) is 0. The Morgan fingerprint density at radius 2 is 1.44 bits per heavy atom. The van der Waals surface area contributed by atoms with E-state index in [1.54, 1.807) is 0 Å². The Hall–Kier alpha value is -0.900. The highest BCUT2D eigenvalue weighted by atomic mass is 16.4. The van der Waals surface area contributed by atoms with Crippen molar-refractivity contribution in [1.82, 2.24) is 0 Å². The monoisotopic (exact) mass is 352 g/mol. The number of aliphatic imine (C=N–C) groups is 1. The first-order valence-corrected chi connectivity index (χ1v) is 10.7. The van der Waals surface area contributed by atoms with E-state index in [1.807, 2.05) is 0 Å². The van der Waals surface area contributed by atoms with Crippen LogP contribution in [-0.2, 0) is 4.79 Å². The number of likely N-dealkylation sites (N-methyl/N-ethyl adjacent to an activating group) is 1. The summed E-state index contributed by atoms with van der Waals surface area (Å²) in [5, 5.41) is 11.1. The van der Waals surface area contributed by atoms with Crippen LogP contribution < -0.4 is 5.11 Å². The number of quaternary nitrogens is 1. The van der Waals surface area contributed by atoms with Crippen molar-refractivity contribution in [2.45, 2.75) is 97.3 Å². The quantitative estimate of drug-likeness (QED) is 0.310. The highest BCUT2D eigenvalue weighted by Gasteiger charge is 2.35. The summed E-state index contributed by atoms with van der Waals surface area (Å²) >= 11 is 0. The number of carboxylic acids is 1. The summed E-state index contributed by atoms with van der Waals surface area (Å²) in [6.07, 6.45) is 17.1. The summed E-state index contributed by atoms with van der Waals surface area (Å²) in [4.78, 5) is 15.7. The molecule has 0 saturated carbocycles. The van der Waals surface area contributed by atoms with Gasteiger partial charge >= 0.3 is 0 Å². The summed E-state index contributed by atoms with van der Waals surface area (Å²) < 4.78 is 0.528. The summed E-state index contributed by atoms with van der Waals surface area (Å²) in [6.45, 7) is 6.83. The van der Waals surface area contributed by atoms with Gasteiger partial charge in [-0.15, -0.1) is 0 Å².